The topological polar surface area (TPSA) is 122 Å². The molecule has 13 heteroatoms. The summed E-state index contributed by atoms with van der Waals surface area (Å²) in [6.45, 7) is 4.61. The van der Waals surface area contributed by atoms with E-state index in [0.717, 1.165) is 61.5 Å². The van der Waals surface area contributed by atoms with Crippen LogP contribution in [0.15, 0.2) is 54.6 Å². The molecule has 0 radical (unpaired) electrons. The number of ether oxygens (including phenoxy) is 2. The molecule has 0 aliphatic carbocycles. The molecule has 5 heterocycles. The maximum absolute atomic E-state index is 14.2. The van der Waals surface area contributed by atoms with Crippen LogP contribution in [0.5, 0.6) is 5.88 Å². The Morgan fingerprint density at radius 1 is 1.04 bits per heavy atom. The highest BCUT2D eigenvalue weighted by Gasteiger charge is 2.27. The SMILES string of the molecule is O=C(NCC(=O)N1CC[C@@H](O)C1)c1ccc2c(c1)nc(CN1CCC(c3cccc(OCc4ccc(Cl)cc4F)n3)CC1)n2C[C@@H]1CCO1. The number of aromatic nitrogens is 3. The van der Waals surface area contributed by atoms with Crippen LogP contribution in [0.1, 0.15) is 59.0 Å². The molecule has 2 atom stereocenters. The number of fused-ring (bicyclic) bond motifs is 1. The summed E-state index contributed by atoms with van der Waals surface area (Å²) < 4.78 is 28.0. The Morgan fingerprint density at radius 2 is 1.88 bits per heavy atom. The van der Waals surface area contributed by atoms with Crippen molar-refractivity contribution in [1.29, 1.82) is 0 Å². The summed E-state index contributed by atoms with van der Waals surface area (Å²) >= 11 is 5.87. The Bertz CT molecular complexity index is 1820. The molecule has 0 bridgehead atoms. The minimum atomic E-state index is -0.502. The van der Waals surface area contributed by atoms with Gasteiger partial charge in [0.2, 0.25) is 11.8 Å². The fourth-order valence-corrected chi connectivity index (χ4v) is 6.89. The van der Waals surface area contributed by atoms with Crippen LogP contribution in [0.25, 0.3) is 11.0 Å². The van der Waals surface area contributed by atoms with Gasteiger partial charge in [0.1, 0.15) is 18.2 Å². The van der Waals surface area contributed by atoms with Crippen LogP contribution in [-0.4, -0.2) is 92.8 Å². The lowest BCUT2D eigenvalue weighted by molar-refractivity contribution is -0.129. The summed E-state index contributed by atoms with van der Waals surface area (Å²) in [6, 6.07) is 15.8. The van der Waals surface area contributed by atoms with E-state index in [1.807, 2.05) is 18.2 Å². The third-order valence-corrected chi connectivity index (χ3v) is 9.93. The van der Waals surface area contributed by atoms with Gasteiger partial charge in [-0.3, -0.25) is 14.5 Å². The zero-order valence-corrected chi connectivity index (χ0v) is 27.9. The number of hydrogen-bond acceptors (Lipinski definition) is 8. The first kappa shape index (κ1) is 33.4. The molecule has 49 heavy (non-hydrogen) atoms. The van der Waals surface area contributed by atoms with Crippen LogP contribution in [0.2, 0.25) is 5.02 Å². The number of benzene rings is 2. The molecule has 4 aromatic rings. The van der Waals surface area contributed by atoms with E-state index in [2.05, 4.69) is 14.8 Å². The van der Waals surface area contributed by atoms with E-state index in [4.69, 9.17) is 31.0 Å². The lowest BCUT2D eigenvalue weighted by Gasteiger charge is -2.32. The number of imidazole rings is 1. The highest BCUT2D eigenvalue weighted by atomic mass is 35.5. The van der Waals surface area contributed by atoms with Gasteiger partial charge in [0.15, 0.2) is 0 Å². The summed E-state index contributed by atoms with van der Waals surface area (Å²) in [6.07, 6.45) is 3.04. The lowest BCUT2D eigenvalue weighted by Crippen LogP contribution is -2.39. The fourth-order valence-electron chi connectivity index (χ4n) is 6.73. The first-order chi connectivity index (χ1) is 23.8. The highest BCUT2D eigenvalue weighted by molar-refractivity contribution is 6.30. The third-order valence-electron chi connectivity index (χ3n) is 9.69. The van der Waals surface area contributed by atoms with Gasteiger partial charge < -0.3 is 29.4 Å². The van der Waals surface area contributed by atoms with Crippen LogP contribution in [0, 0.1) is 5.82 Å². The van der Waals surface area contributed by atoms with Crippen LogP contribution >= 0.6 is 11.6 Å². The number of aliphatic hydroxyl groups excluding tert-OH is 1. The Morgan fingerprint density at radius 3 is 2.61 bits per heavy atom. The summed E-state index contributed by atoms with van der Waals surface area (Å²) in [4.78, 5) is 39.2. The van der Waals surface area contributed by atoms with E-state index in [1.165, 1.54) is 6.07 Å². The molecule has 2 aromatic heterocycles. The molecular weight excluding hydrogens is 651 g/mol. The summed E-state index contributed by atoms with van der Waals surface area (Å²) in [5.41, 5.74) is 3.50. The van der Waals surface area contributed by atoms with Gasteiger partial charge in [0, 0.05) is 53.5 Å². The van der Waals surface area contributed by atoms with Crippen LogP contribution < -0.4 is 10.1 Å². The molecule has 2 amide bonds. The average molecular weight is 691 g/mol. The van der Waals surface area contributed by atoms with Gasteiger partial charge in [-0.15, -0.1) is 0 Å². The summed E-state index contributed by atoms with van der Waals surface area (Å²) in [5.74, 6) is 0.719. The Hall–Kier alpha value is -4.10. The number of rotatable bonds is 11. The second kappa shape index (κ2) is 14.8. The molecule has 0 spiro atoms. The Labute approximate surface area is 289 Å². The number of carbonyl (C=O) groups excluding carboxylic acids is 2. The molecule has 3 aliphatic heterocycles. The van der Waals surface area contributed by atoms with Gasteiger partial charge in [-0.2, -0.15) is 0 Å². The molecule has 2 N–H and O–H groups in total. The number of nitrogens with zero attached hydrogens (tertiary/aromatic N) is 5. The maximum Gasteiger partial charge on any atom is 0.251 e. The van der Waals surface area contributed by atoms with E-state index in [9.17, 15) is 19.1 Å². The van der Waals surface area contributed by atoms with Crippen molar-refractivity contribution in [3.05, 3.63) is 88.1 Å². The number of piperidine rings is 1. The van der Waals surface area contributed by atoms with Gasteiger partial charge in [0.05, 0.1) is 42.9 Å². The second-order valence-corrected chi connectivity index (χ2v) is 13.5. The first-order valence-corrected chi connectivity index (χ1v) is 17.3. The average Bonchev–Trinajstić information content (AvgIpc) is 3.67. The third kappa shape index (κ3) is 7.88. The van der Waals surface area contributed by atoms with Crippen molar-refractivity contribution in [2.45, 2.75) is 63.5 Å². The lowest BCUT2D eigenvalue weighted by atomic mass is 9.93. The molecule has 3 saturated heterocycles. The van der Waals surface area contributed by atoms with Crippen molar-refractivity contribution in [1.82, 2.24) is 29.7 Å². The molecule has 258 valence electrons. The monoisotopic (exact) mass is 690 g/mol. The van der Waals surface area contributed by atoms with Gasteiger partial charge >= 0.3 is 0 Å². The Balaban J connectivity index is 0.982. The van der Waals surface area contributed by atoms with E-state index in [-0.39, 0.29) is 37.0 Å². The van der Waals surface area contributed by atoms with Crippen molar-refractivity contribution in [2.75, 3.05) is 39.3 Å². The van der Waals surface area contributed by atoms with E-state index < -0.39 is 11.9 Å². The van der Waals surface area contributed by atoms with E-state index in [1.54, 1.807) is 35.2 Å². The van der Waals surface area contributed by atoms with Crippen LogP contribution in [0.4, 0.5) is 4.39 Å². The normalized spacial score (nSPS) is 20.0. The summed E-state index contributed by atoms with van der Waals surface area (Å²) in [7, 11) is 0. The standard InChI is InChI=1S/C36H40ClFN6O5/c37-26-6-4-25(29(38)17-26)22-49-34-3-1-2-30(41-34)23-8-12-42(13-9-23)21-33-40-31-16-24(5-7-32(31)44(33)20-28-11-15-48-28)36(47)39-18-35(46)43-14-10-27(45)19-43/h1-7,16-17,23,27-28,45H,8-15,18-22H2,(H,39,47)/t27-,28+/m1/s1. The molecule has 2 aromatic carbocycles. The minimum absolute atomic E-state index is 0.0706. The van der Waals surface area contributed by atoms with Crippen molar-refractivity contribution in [2.24, 2.45) is 0 Å². The second-order valence-electron chi connectivity index (χ2n) is 13.1. The molecule has 3 fully saturated rings. The summed E-state index contributed by atoms with van der Waals surface area (Å²) in [5, 5.41) is 12.8. The molecule has 0 unspecified atom stereocenters. The minimum Gasteiger partial charge on any atom is -0.473 e. The number of aliphatic hydroxyl groups is 1. The molecule has 3 aliphatic rings. The largest absolute Gasteiger partial charge is 0.473 e. The van der Waals surface area contributed by atoms with Gasteiger partial charge in [-0.25, -0.2) is 14.4 Å². The number of pyridine rings is 1. The van der Waals surface area contributed by atoms with E-state index in [0.29, 0.717) is 54.6 Å². The number of carbonyl (C=O) groups is 2. The van der Waals surface area contributed by atoms with Gasteiger partial charge in [-0.1, -0.05) is 23.7 Å². The number of nitrogens with one attached hydrogen (secondary N) is 1. The number of likely N-dealkylation sites (tertiary alicyclic amines) is 2. The predicted molar refractivity (Wildman–Crippen MR) is 181 cm³/mol. The van der Waals surface area contributed by atoms with Crippen molar-refractivity contribution in [3.8, 4) is 5.88 Å². The smallest absolute Gasteiger partial charge is 0.251 e. The van der Waals surface area contributed by atoms with E-state index >= 15 is 0 Å². The number of β-amino-alcohol motifs (C(OH)–C–C–N with tert-alkyl or cyclic N) is 1. The highest BCUT2D eigenvalue weighted by Crippen LogP contribution is 2.30. The number of halogens is 2. The fraction of sp³-hybridized carbons (Fsp3) is 0.444. The maximum atomic E-state index is 14.2. The van der Waals surface area contributed by atoms with Gasteiger partial charge in [-0.05, 0) is 75.2 Å². The number of hydrogen-bond donors (Lipinski definition) is 2. The van der Waals surface area contributed by atoms with Crippen LogP contribution in [-0.2, 0) is 29.2 Å². The predicted octanol–water partition coefficient (Wildman–Crippen LogP) is 4.29. The molecule has 7 rings (SSSR count). The zero-order chi connectivity index (χ0) is 33.9. The zero-order valence-electron chi connectivity index (χ0n) is 27.2. The molecule has 0 saturated carbocycles. The first-order valence-electron chi connectivity index (χ1n) is 16.9. The molecule has 11 nitrogen and oxygen atoms in total. The van der Waals surface area contributed by atoms with Crippen LogP contribution in [0.3, 0.4) is 0 Å². The Kier molecular flexibility index (Phi) is 10.1. The van der Waals surface area contributed by atoms with Crippen molar-refractivity contribution in [3.63, 3.8) is 0 Å². The van der Waals surface area contributed by atoms with Crippen molar-refractivity contribution < 1.29 is 28.6 Å². The van der Waals surface area contributed by atoms with Gasteiger partial charge in [0.25, 0.3) is 5.91 Å². The molecular formula is C36H40ClFN6O5. The quantitative estimate of drug-likeness (QED) is 0.239. The van der Waals surface area contributed by atoms with Crippen molar-refractivity contribution >= 4 is 34.4 Å². The number of amides is 2.